The lowest BCUT2D eigenvalue weighted by Gasteiger charge is -2.13. The molecule has 1 atom stereocenters. The topological polar surface area (TPSA) is 29.5 Å². The molecule has 0 radical (unpaired) electrons. The number of thioether (sulfide) groups is 1. The summed E-state index contributed by atoms with van der Waals surface area (Å²) < 4.78 is 5.53. The van der Waals surface area contributed by atoms with Gasteiger partial charge in [-0.15, -0.1) is 0 Å². The molecule has 1 N–H and O–H groups in total. The Morgan fingerprint density at radius 2 is 2.43 bits per heavy atom. The van der Waals surface area contributed by atoms with E-state index in [1.165, 1.54) is 5.56 Å². The molecule has 14 heavy (non-hydrogen) atoms. The molecule has 1 aliphatic rings. The van der Waals surface area contributed by atoms with Crippen LogP contribution in [0.3, 0.4) is 0 Å². The lowest BCUT2D eigenvalue weighted by Crippen LogP contribution is -2.02. The number of fused-ring (bicyclic) bond motifs is 1. The number of hydrogen-bond acceptors (Lipinski definition) is 3. The summed E-state index contributed by atoms with van der Waals surface area (Å²) in [6.45, 7) is 0.748. The first kappa shape index (κ1) is 9.87. The SMILES string of the molecule is CSCC(O)c1cccc2c1OCC2. The van der Waals surface area contributed by atoms with E-state index in [1.807, 2.05) is 18.4 Å². The minimum absolute atomic E-state index is 0.405. The maximum Gasteiger partial charge on any atom is 0.128 e. The van der Waals surface area contributed by atoms with E-state index in [4.69, 9.17) is 4.74 Å². The summed E-state index contributed by atoms with van der Waals surface area (Å²) in [5.74, 6) is 1.63. The quantitative estimate of drug-likeness (QED) is 0.827. The smallest absolute Gasteiger partial charge is 0.128 e. The molecule has 76 valence electrons. The number of para-hydroxylation sites is 1. The van der Waals surface area contributed by atoms with Gasteiger partial charge in [-0.25, -0.2) is 0 Å². The van der Waals surface area contributed by atoms with Crippen molar-refractivity contribution in [3.8, 4) is 5.75 Å². The molecular formula is C11H14O2S. The van der Waals surface area contributed by atoms with Gasteiger partial charge in [-0.1, -0.05) is 18.2 Å². The molecule has 0 aliphatic carbocycles. The molecule has 0 saturated carbocycles. The number of rotatable bonds is 3. The van der Waals surface area contributed by atoms with Crippen LogP contribution in [0.15, 0.2) is 18.2 Å². The summed E-state index contributed by atoms with van der Waals surface area (Å²) in [6.07, 6.45) is 2.56. The highest BCUT2D eigenvalue weighted by Gasteiger charge is 2.19. The van der Waals surface area contributed by atoms with Crippen LogP contribution >= 0.6 is 11.8 Å². The van der Waals surface area contributed by atoms with Crippen LogP contribution in [0.25, 0.3) is 0 Å². The van der Waals surface area contributed by atoms with Crippen molar-refractivity contribution in [1.82, 2.24) is 0 Å². The molecule has 0 saturated heterocycles. The Labute approximate surface area is 88.3 Å². The van der Waals surface area contributed by atoms with Crippen LogP contribution in [0.5, 0.6) is 5.75 Å². The van der Waals surface area contributed by atoms with E-state index >= 15 is 0 Å². The fourth-order valence-electron chi connectivity index (χ4n) is 1.75. The predicted octanol–water partition coefficient (Wildman–Crippen LogP) is 2.02. The maximum atomic E-state index is 9.88. The summed E-state index contributed by atoms with van der Waals surface area (Å²) in [7, 11) is 0. The van der Waals surface area contributed by atoms with Crippen molar-refractivity contribution in [2.45, 2.75) is 12.5 Å². The average Bonchev–Trinajstić information content (AvgIpc) is 2.65. The van der Waals surface area contributed by atoms with Gasteiger partial charge in [0.1, 0.15) is 5.75 Å². The first-order chi connectivity index (χ1) is 6.83. The Hall–Kier alpha value is -0.670. The Bertz CT molecular complexity index is 325. The molecule has 0 spiro atoms. The van der Waals surface area contributed by atoms with Gasteiger partial charge in [0.25, 0.3) is 0 Å². The van der Waals surface area contributed by atoms with Crippen molar-refractivity contribution < 1.29 is 9.84 Å². The minimum Gasteiger partial charge on any atom is -0.493 e. The molecule has 1 aromatic carbocycles. The van der Waals surface area contributed by atoms with Crippen LogP contribution in [0.2, 0.25) is 0 Å². The zero-order valence-electron chi connectivity index (χ0n) is 8.19. The molecule has 2 nitrogen and oxygen atoms in total. The van der Waals surface area contributed by atoms with Gasteiger partial charge in [-0.05, 0) is 11.8 Å². The molecule has 0 aromatic heterocycles. The molecule has 1 aliphatic heterocycles. The van der Waals surface area contributed by atoms with Gasteiger partial charge >= 0.3 is 0 Å². The Morgan fingerprint density at radius 3 is 3.21 bits per heavy atom. The van der Waals surface area contributed by atoms with E-state index in [1.54, 1.807) is 11.8 Å². The second-order valence-corrected chi connectivity index (χ2v) is 4.32. The average molecular weight is 210 g/mol. The number of ether oxygens (including phenoxy) is 1. The molecule has 2 rings (SSSR count). The van der Waals surface area contributed by atoms with E-state index in [0.717, 1.165) is 30.1 Å². The van der Waals surface area contributed by atoms with Crippen molar-refractivity contribution in [3.63, 3.8) is 0 Å². The second kappa shape index (κ2) is 4.24. The largest absolute Gasteiger partial charge is 0.493 e. The molecule has 1 aromatic rings. The van der Waals surface area contributed by atoms with Crippen LogP contribution in [0.4, 0.5) is 0 Å². The van der Waals surface area contributed by atoms with Crippen LogP contribution in [-0.2, 0) is 6.42 Å². The third-order valence-electron chi connectivity index (χ3n) is 2.43. The Morgan fingerprint density at radius 1 is 1.57 bits per heavy atom. The van der Waals surface area contributed by atoms with Crippen LogP contribution < -0.4 is 4.74 Å². The van der Waals surface area contributed by atoms with Crippen molar-refractivity contribution in [2.75, 3.05) is 18.6 Å². The fourth-order valence-corrected chi connectivity index (χ4v) is 2.25. The molecule has 0 bridgehead atoms. The summed E-state index contributed by atoms with van der Waals surface area (Å²) in [5, 5.41) is 9.88. The van der Waals surface area contributed by atoms with Gasteiger partial charge in [0.15, 0.2) is 0 Å². The normalized spacial score (nSPS) is 16.1. The van der Waals surface area contributed by atoms with Crippen molar-refractivity contribution >= 4 is 11.8 Å². The summed E-state index contributed by atoms with van der Waals surface area (Å²) >= 11 is 1.64. The lowest BCUT2D eigenvalue weighted by atomic mass is 10.0. The van der Waals surface area contributed by atoms with Gasteiger partial charge < -0.3 is 9.84 Å². The number of benzene rings is 1. The molecule has 1 heterocycles. The predicted molar refractivity (Wildman–Crippen MR) is 59.0 cm³/mol. The van der Waals surface area contributed by atoms with E-state index in [0.29, 0.717) is 0 Å². The van der Waals surface area contributed by atoms with Crippen LogP contribution in [-0.4, -0.2) is 23.7 Å². The van der Waals surface area contributed by atoms with Crippen molar-refractivity contribution in [3.05, 3.63) is 29.3 Å². The summed E-state index contributed by atoms with van der Waals surface area (Å²) in [6, 6.07) is 6.01. The highest BCUT2D eigenvalue weighted by molar-refractivity contribution is 7.98. The maximum absolute atomic E-state index is 9.88. The third-order valence-corrected chi connectivity index (χ3v) is 3.08. The highest BCUT2D eigenvalue weighted by Crippen LogP contribution is 2.34. The molecule has 0 amide bonds. The summed E-state index contributed by atoms with van der Waals surface area (Å²) in [5.41, 5.74) is 2.16. The number of aliphatic hydroxyl groups is 1. The van der Waals surface area contributed by atoms with E-state index in [2.05, 4.69) is 6.07 Å². The standard InChI is InChI=1S/C11H14O2S/c1-14-7-10(12)9-4-2-3-8-5-6-13-11(8)9/h2-4,10,12H,5-7H2,1H3. The van der Waals surface area contributed by atoms with Gasteiger partial charge in [-0.2, -0.15) is 11.8 Å². The van der Waals surface area contributed by atoms with Gasteiger partial charge in [0.2, 0.25) is 0 Å². The monoisotopic (exact) mass is 210 g/mol. The first-order valence-corrected chi connectivity index (χ1v) is 6.14. The minimum atomic E-state index is -0.405. The molecule has 1 unspecified atom stereocenters. The number of hydrogen-bond donors (Lipinski definition) is 1. The summed E-state index contributed by atoms with van der Waals surface area (Å²) in [4.78, 5) is 0. The van der Waals surface area contributed by atoms with E-state index in [9.17, 15) is 5.11 Å². The zero-order valence-corrected chi connectivity index (χ0v) is 9.01. The first-order valence-electron chi connectivity index (χ1n) is 4.74. The van der Waals surface area contributed by atoms with Gasteiger partial charge in [0.05, 0.1) is 12.7 Å². The van der Waals surface area contributed by atoms with Crippen LogP contribution in [0.1, 0.15) is 17.2 Å². The second-order valence-electron chi connectivity index (χ2n) is 3.41. The van der Waals surface area contributed by atoms with Crippen LogP contribution in [0, 0.1) is 0 Å². The van der Waals surface area contributed by atoms with Gasteiger partial charge in [0, 0.05) is 17.7 Å². The Kier molecular flexibility index (Phi) is 2.99. The van der Waals surface area contributed by atoms with Crippen molar-refractivity contribution in [2.24, 2.45) is 0 Å². The lowest BCUT2D eigenvalue weighted by molar-refractivity contribution is 0.198. The fraction of sp³-hybridized carbons (Fsp3) is 0.455. The highest BCUT2D eigenvalue weighted by atomic mass is 32.2. The Balaban J connectivity index is 2.29. The zero-order chi connectivity index (χ0) is 9.97. The van der Waals surface area contributed by atoms with Crippen molar-refractivity contribution in [1.29, 1.82) is 0 Å². The van der Waals surface area contributed by atoms with E-state index < -0.39 is 6.10 Å². The number of aliphatic hydroxyl groups excluding tert-OH is 1. The van der Waals surface area contributed by atoms with E-state index in [-0.39, 0.29) is 0 Å². The molecule has 3 heteroatoms. The molecule has 0 fully saturated rings. The molecular weight excluding hydrogens is 196 g/mol. The third kappa shape index (κ3) is 1.74. The van der Waals surface area contributed by atoms with Gasteiger partial charge in [-0.3, -0.25) is 0 Å².